The Hall–Kier alpha value is -2.70. The maximum absolute atomic E-state index is 13.2. The first-order valence-electron chi connectivity index (χ1n) is 8.72. The SMILES string of the molecule is COc1c2c(c(OC)c3c1C(=O)c1ccccc1C3=O)C[C@H](O)[C@@H](OC)C2. The van der Waals surface area contributed by atoms with E-state index < -0.39 is 12.2 Å². The molecule has 0 spiro atoms. The highest BCUT2D eigenvalue weighted by Gasteiger charge is 2.41. The molecule has 0 fully saturated rings. The Balaban J connectivity index is 2.06. The van der Waals surface area contributed by atoms with E-state index in [-0.39, 0.29) is 29.1 Å². The Morgan fingerprint density at radius 1 is 0.852 bits per heavy atom. The first kappa shape index (κ1) is 17.7. The van der Waals surface area contributed by atoms with Crippen LogP contribution in [0.4, 0.5) is 0 Å². The molecule has 27 heavy (non-hydrogen) atoms. The van der Waals surface area contributed by atoms with Gasteiger partial charge in [0.15, 0.2) is 11.6 Å². The van der Waals surface area contributed by atoms with Crippen molar-refractivity contribution in [1.82, 2.24) is 0 Å². The highest BCUT2D eigenvalue weighted by molar-refractivity contribution is 6.30. The molecule has 0 aliphatic heterocycles. The number of methoxy groups -OCH3 is 3. The molecule has 0 heterocycles. The highest BCUT2D eigenvalue weighted by Crippen LogP contribution is 2.46. The number of benzene rings is 2. The Bertz CT molecular complexity index is 962. The van der Waals surface area contributed by atoms with Crippen molar-refractivity contribution in [3.63, 3.8) is 0 Å². The molecular weight excluding hydrogens is 348 g/mol. The van der Waals surface area contributed by atoms with Crippen LogP contribution < -0.4 is 9.47 Å². The number of ether oxygens (including phenoxy) is 3. The minimum atomic E-state index is -0.735. The standard InChI is InChI=1S/C21H20O6/c1-25-15-9-13-12(8-14(15)22)20(26-2)16-17(21(13)27-3)19(24)11-7-5-4-6-10(11)18(16)23/h4-7,14-15,22H,8-9H2,1-3H3/t14-,15-/m0/s1. The van der Waals surface area contributed by atoms with Gasteiger partial charge in [-0.05, 0) is 0 Å². The Morgan fingerprint density at radius 3 is 1.78 bits per heavy atom. The number of aliphatic hydroxyl groups is 1. The summed E-state index contributed by atoms with van der Waals surface area (Å²) in [6.07, 6.45) is -0.538. The summed E-state index contributed by atoms with van der Waals surface area (Å²) in [5.74, 6) is 0.157. The van der Waals surface area contributed by atoms with Gasteiger partial charge in [0.25, 0.3) is 0 Å². The number of ketones is 2. The summed E-state index contributed by atoms with van der Waals surface area (Å²) in [5.41, 5.74) is 2.57. The lowest BCUT2D eigenvalue weighted by Gasteiger charge is -2.33. The Kier molecular flexibility index (Phi) is 4.25. The largest absolute Gasteiger partial charge is 0.496 e. The second-order valence-electron chi connectivity index (χ2n) is 6.73. The normalized spacial score (nSPS) is 20.6. The predicted molar refractivity (Wildman–Crippen MR) is 97.1 cm³/mol. The van der Waals surface area contributed by atoms with Crippen LogP contribution in [0, 0.1) is 0 Å². The first-order valence-corrected chi connectivity index (χ1v) is 8.72. The molecule has 0 saturated carbocycles. The highest BCUT2D eigenvalue weighted by atomic mass is 16.5. The van der Waals surface area contributed by atoms with Crippen LogP contribution >= 0.6 is 0 Å². The number of aliphatic hydroxyl groups excluding tert-OH is 1. The van der Waals surface area contributed by atoms with Crippen molar-refractivity contribution in [3.8, 4) is 11.5 Å². The van der Waals surface area contributed by atoms with Crippen LogP contribution in [0.1, 0.15) is 43.0 Å². The summed E-state index contributed by atoms with van der Waals surface area (Å²) in [6.45, 7) is 0. The number of rotatable bonds is 3. The molecular formula is C21H20O6. The van der Waals surface area contributed by atoms with E-state index in [1.54, 1.807) is 24.3 Å². The number of carbonyl (C=O) groups excluding carboxylic acids is 2. The van der Waals surface area contributed by atoms with Gasteiger partial charge in [0, 0.05) is 42.2 Å². The summed E-state index contributed by atoms with van der Waals surface area (Å²) >= 11 is 0. The van der Waals surface area contributed by atoms with Crippen molar-refractivity contribution < 1.29 is 28.9 Å². The second kappa shape index (κ2) is 6.48. The number of carbonyl (C=O) groups is 2. The van der Waals surface area contributed by atoms with Crippen molar-refractivity contribution >= 4 is 11.6 Å². The number of fused-ring (bicyclic) bond motifs is 3. The maximum Gasteiger partial charge on any atom is 0.198 e. The van der Waals surface area contributed by atoms with E-state index in [0.29, 0.717) is 34.6 Å². The number of hydrogen-bond donors (Lipinski definition) is 1. The number of hydrogen-bond acceptors (Lipinski definition) is 6. The Labute approximate surface area is 156 Å². The van der Waals surface area contributed by atoms with Crippen LogP contribution in [0.2, 0.25) is 0 Å². The third-order valence-electron chi connectivity index (χ3n) is 5.45. The Morgan fingerprint density at radius 2 is 1.33 bits per heavy atom. The molecule has 0 aromatic heterocycles. The van der Waals surface area contributed by atoms with E-state index in [0.717, 1.165) is 5.56 Å². The molecule has 2 aromatic carbocycles. The summed E-state index contributed by atoms with van der Waals surface area (Å²) in [6, 6.07) is 6.74. The van der Waals surface area contributed by atoms with Crippen LogP contribution in [-0.4, -0.2) is 50.2 Å². The van der Waals surface area contributed by atoms with Crippen molar-refractivity contribution in [2.75, 3.05) is 21.3 Å². The first-order chi connectivity index (χ1) is 13.0. The summed E-state index contributed by atoms with van der Waals surface area (Å²) < 4.78 is 16.6. The molecule has 2 aliphatic rings. The zero-order valence-corrected chi connectivity index (χ0v) is 15.4. The molecule has 1 N–H and O–H groups in total. The van der Waals surface area contributed by atoms with Gasteiger partial charge in [0.1, 0.15) is 11.5 Å². The molecule has 2 aromatic rings. The minimum Gasteiger partial charge on any atom is -0.496 e. The fourth-order valence-corrected chi connectivity index (χ4v) is 4.19. The smallest absolute Gasteiger partial charge is 0.198 e. The van der Waals surface area contributed by atoms with Gasteiger partial charge in [-0.2, -0.15) is 0 Å². The minimum absolute atomic E-state index is 0.208. The van der Waals surface area contributed by atoms with Crippen molar-refractivity contribution in [3.05, 3.63) is 57.6 Å². The van der Waals surface area contributed by atoms with Crippen molar-refractivity contribution in [2.24, 2.45) is 0 Å². The van der Waals surface area contributed by atoms with Gasteiger partial charge in [-0.25, -0.2) is 0 Å². The van der Waals surface area contributed by atoms with Gasteiger partial charge in [-0.3, -0.25) is 9.59 Å². The van der Waals surface area contributed by atoms with Gasteiger partial charge in [0.2, 0.25) is 0 Å². The average Bonchev–Trinajstić information content (AvgIpc) is 2.69. The molecule has 0 bridgehead atoms. The zero-order chi connectivity index (χ0) is 19.3. The molecule has 2 atom stereocenters. The van der Waals surface area contributed by atoms with Gasteiger partial charge in [-0.15, -0.1) is 0 Å². The van der Waals surface area contributed by atoms with Gasteiger partial charge < -0.3 is 19.3 Å². The molecule has 2 aliphatic carbocycles. The lowest BCUT2D eigenvalue weighted by molar-refractivity contribution is -0.0169. The molecule has 0 radical (unpaired) electrons. The summed E-state index contributed by atoms with van der Waals surface area (Å²) in [7, 11) is 4.48. The van der Waals surface area contributed by atoms with Crippen LogP contribution in [0.25, 0.3) is 0 Å². The van der Waals surface area contributed by atoms with E-state index >= 15 is 0 Å². The van der Waals surface area contributed by atoms with Crippen molar-refractivity contribution in [2.45, 2.75) is 25.0 Å². The van der Waals surface area contributed by atoms with E-state index in [2.05, 4.69) is 0 Å². The molecule has 140 valence electrons. The molecule has 6 nitrogen and oxygen atoms in total. The van der Waals surface area contributed by atoms with Gasteiger partial charge >= 0.3 is 0 Å². The van der Waals surface area contributed by atoms with Crippen molar-refractivity contribution in [1.29, 1.82) is 0 Å². The van der Waals surface area contributed by atoms with E-state index in [1.807, 2.05) is 0 Å². The summed E-state index contributed by atoms with van der Waals surface area (Å²) in [4.78, 5) is 26.4. The quantitative estimate of drug-likeness (QED) is 0.761. The van der Waals surface area contributed by atoms with Crippen LogP contribution in [0.15, 0.2) is 24.3 Å². The topological polar surface area (TPSA) is 82.1 Å². The zero-order valence-electron chi connectivity index (χ0n) is 15.4. The third-order valence-corrected chi connectivity index (χ3v) is 5.45. The molecule has 0 amide bonds. The third kappa shape index (κ3) is 2.40. The monoisotopic (exact) mass is 368 g/mol. The molecule has 0 unspecified atom stereocenters. The molecule has 0 saturated heterocycles. The molecule has 4 rings (SSSR count). The fraction of sp³-hybridized carbons (Fsp3) is 0.333. The van der Waals surface area contributed by atoms with E-state index in [1.165, 1.54) is 21.3 Å². The van der Waals surface area contributed by atoms with Gasteiger partial charge in [-0.1, -0.05) is 24.3 Å². The van der Waals surface area contributed by atoms with Gasteiger partial charge in [0.05, 0.1) is 37.6 Å². The van der Waals surface area contributed by atoms with E-state index in [4.69, 9.17) is 14.2 Å². The van der Waals surface area contributed by atoms with E-state index in [9.17, 15) is 14.7 Å². The van der Waals surface area contributed by atoms with Crippen LogP contribution in [0.5, 0.6) is 11.5 Å². The molecule has 6 heteroatoms. The lowest BCUT2D eigenvalue weighted by Crippen LogP contribution is -2.37. The predicted octanol–water partition coefficient (Wildman–Crippen LogP) is 1.95. The van der Waals surface area contributed by atoms with Crippen LogP contribution in [0.3, 0.4) is 0 Å². The van der Waals surface area contributed by atoms with Crippen LogP contribution in [-0.2, 0) is 17.6 Å². The fourth-order valence-electron chi connectivity index (χ4n) is 4.19. The second-order valence-corrected chi connectivity index (χ2v) is 6.73. The lowest BCUT2D eigenvalue weighted by atomic mass is 9.76. The summed E-state index contributed by atoms with van der Waals surface area (Å²) in [5, 5.41) is 10.4. The average molecular weight is 368 g/mol. The maximum atomic E-state index is 13.2.